The van der Waals surface area contributed by atoms with Gasteiger partial charge < -0.3 is 20.5 Å². The topological polar surface area (TPSA) is 90.9 Å². The van der Waals surface area contributed by atoms with Crippen LogP contribution in [0.3, 0.4) is 0 Å². The van der Waals surface area contributed by atoms with E-state index in [2.05, 4.69) is 22.5 Å². The normalized spacial score (nSPS) is 20.4. The maximum Gasteiger partial charge on any atom is 0.315 e. The first-order chi connectivity index (χ1) is 9.32. The quantitative estimate of drug-likeness (QED) is 0.652. The molecule has 7 heteroatoms. The lowest BCUT2D eigenvalue weighted by Crippen LogP contribution is -2.53. The molecule has 2 amide bonds. The van der Waals surface area contributed by atoms with Crippen LogP contribution in [0.4, 0.5) is 4.79 Å². The van der Waals surface area contributed by atoms with E-state index in [0.29, 0.717) is 13.2 Å². The highest BCUT2D eigenvalue weighted by molar-refractivity contribution is 5.76. The highest BCUT2D eigenvalue weighted by Crippen LogP contribution is 2.08. The predicted molar refractivity (Wildman–Crippen MR) is 74.7 cm³/mol. The van der Waals surface area contributed by atoms with Gasteiger partial charge in [0.1, 0.15) is 0 Å². The van der Waals surface area contributed by atoms with Gasteiger partial charge in [-0.3, -0.25) is 9.69 Å². The third kappa shape index (κ3) is 6.21. The Bertz CT molecular complexity index is 347. The molecular formula is C13H25N3O4. The summed E-state index contributed by atoms with van der Waals surface area (Å²) < 4.78 is 5.58. The number of hydrogen-bond acceptors (Lipinski definition) is 4. The van der Waals surface area contributed by atoms with Crippen LogP contribution in [-0.4, -0.2) is 66.4 Å². The van der Waals surface area contributed by atoms with Crippen molar-refractivity contribution in [3.63, 3.8) is 0 Å². The number of carboxylic acids is 1. The van der Waals surface area contributed by atoms with Crippen LogP contribution >= 0.6 is 0 Å². The summed E-state index contributed by atoms with van der Waals surface area (Å²) in [5, 5.41) is 14.1. The van der Waals surface area contributed by atoms with Crippen LogP contribution in [0, 0.1) is 0 Å². The molecule has 1 heterocycles. The van der Waals surface area contributed by atoms with Crippen LogP contribution in [0.1, 0.15) is 27.2 Å². The van der Waals surface area contributed by atoms with Gasteiger partial charge in [-0.25, -0.2) is 4.79 Å². The third-order valence-corrected chi connectivity index (χ3v) is 3.21. The number of carbonyl (C=O) groups excluding carboxylic acids is 1. The van der Waals surface area contributed by atoms with Gasteiger partial charge >= 0.3 is 12.0 Å². The van der Waals surface area contributed by atoms with Crippen LogP contribution in [0.5, 0.6) is 0 Å². The number of carboxylic acid groups (broad SMARTS) is 1. The Morgan fingerprint density at radius 2 is 2.15 bits per heavy atom. The molecule has 20 heavy (non-hydrogen) atoms. The molecule has 1 saturated heterocycles. The summed E-state index contributed by atoms with van der Waals surface area (Å²) in [6.45, 7) is 9.24. The second kappa shape index (κ2) is 7.44. The molecule has 0 radical (unpaired) electrons. The summed E-state index contributed by atoms with van der Waals surface area (Å²) >= 11 is 0. The third-order valence-electron chi connectivity index (χ3n) is 3.21. The molecule has 0 aliphatic carbocycles. The van der Waals surface area contributed by atoms with Gasteiger partial charge in [0, 0.05) is 25.2 Å². The monoisotopic (exact) mass is 287 g/mol. The molecule has 1 atom stereocenters. The van der Waals surface area contributed by atoms with Gasteiger partial charge in [-0.2, -0.15) is 0 Å². The molecular weight excluding hydrogens is 262 g/mol. The minimum atomic E-state index is -0.940. The summed E-state index contributed by atoms with van der Waals surface area (Å²) in [6.07, 6.45) is -0.138. The fourth-order valence-electron chi connectivity index (χ4n) is 2.17. The lowest BCUT2D eigenvalue weighted by Gasteiger charge is -2.32. The zero-order valence-corrected chi connectivity index (χ0v) is 12.4. The molecule has 0 spiro atoms. The van der Waals surface area contributed by atoms with E-state index in [1.807, 2.05) is 0 Å². The molecule has 0 aromatic heterocycles. The highest BCUT2D eigenvalue weighted by atomic mass is 16.5. The van der Waals surface area contributed by atoms with Crippen molar-refractivity contribution in [1.29, 1.82) is 0 Å². The van der Waals surface area contributed by atoms with Crippen molar-refractivity contribution in [1.82, 2.24) is 15.5 Å². The summed E-state index contributed by atoms with van der Waals surface area (Å²) in [7, 11) is 0. The molecule has 0 aromatic rings. The Morgan fingerprint density at radius 1 is 1.45 bits per heavy atom. The summed E-state index contributed by atoms with van der Waals surface area (Å²) in [5.41, 5.74) is -0.779. The Labute approximate surface area is 119 Å². The summed E-state index contributed by atoms with van der Waals surface area (Å²) in [4.78, 5) is 24.7. The fourth-order valence-corrected chi connectivity index (χ4v) is 2.17. The first kappa shape index (κ1) is 16.7. The van der Waals surface area contributed by atoms with E-state index in [1.54, 1.807) is 13.8 Å². The van der Waals surface area contributed by atoms with Gasteiger partial charge in [-0.05, 0) is 20.4 Å². The number of aliphatic carboxylic acids is 1. The van der Waals surface area contributed by atoms with Crippen LogP contribution in [-0.2, 0) is 9.53 Å². The number of likely N-dealkylation sites (N-methyl/N-ethyl adjacent to an activating group) is 1. The van der Waals surface area contributed by atoms with Crippen LogP contribution < -0.4 is 10.6 Å². The van der Waals surface area contributed by atoms with Gasteiger partial charge in [0.05, 0.1) is 19.1 Å². The molecule has 1 aliphatic heterocycles. The maximum atomic E-state index is 11.7. The number of carbonyl (C=O) groups is 2. The average molecular weight is 287 g/mol. The van der Waals surface area contributed by atoms with E-state index < -0.39 is 11.5 Å². The van der Waals surface area contributed by atoms with Crippen molar-refractivity contribution in [3.05, 3.63) is 0 Å². The van der Waals surface area contributed by atoms with Crippen molar-refractivity contribution in [2.45, 2.75) is 38.8 Å². The number of ether oxygens (including phenoxy) is 1. The van der Waals surface area contributed by atoms with Gasteiger partial charge in [-0.1, -0.05) is 6.92 Å². The van der Waals surface area contributed by atoms with Crippen molar-refractivity contribution >= 4 is 12.0 Å². The van der Waals surface area contributed by atoms with E-state index in [-0.39, 0.29) is 18.6 Å². The van der Waals surface area contributed by atoms with Crippen molar-refractivity contribution < 1.29 is 19.4 Å². The molecule has 0 aromatic carbocycles. The van der Waals surface area contributed by atoms with E-state index >= 15 is 0 Å². The van der Waals surface area contributed by atoms with E-state index in [1.165, 1.54) is 0 Å². The zero-order valence-electron chi connectivity index (χ0n) is 12.4. The van der Waals surface area contributed by atoms with Gasteiger partial charge in [0.15, 0.2) is 0 Å². The number of rotatable bonds is 6. The van der Waals surface area contributed by atoms with Gasteiger partial charge in [-0.15, -0.1) is 0 Å². The van der Waals surface area contributed by atoms with E-state index in [0.717, 1.165) is 19.6 Å². The molecule has 3 N–H and O–H groups in total. The zero-order chi connectivity index (χ0) is 15.2. The second-order valence-electron chi connectivity index (χ2n) is 5.68. The molecule has 7 nitrogen and oxygen atoms in total. The molecule has 116 valence electrons. The first-order valence-corrected chi connectivity index (χ1v) is 6.94. The number of nitrogens with zero attached hydrogens (tertiary/aromatic N) is 1. The molecule has 1 aliphatic rings. The number of morpholine rings is 1. The van der Waals surface area contributed by atoms with Gasteiger partial charge in [0.2, 0.25) is 0 Å². The van der Waals surface area contributed by atoms with Crippen molar-refractivity contribution in [2.24, 2.45) is 0 Å². The lowest BCUT2D eigenvalue weighted by molar-refractivity contribution is -0.138. The van der Waals surface area contributed by atoms with Gasteiger partial charge in [0.25, 0.3) is 0 Å². The van der Waals surface area contributed by atoms with Crippen molar-refractivity contribution in [2.75, 3.05) is 32.8 Å². The molecule has 1 fully saturated rings. The standard InChI is InChI=1S/C13H25N3O4/c1-4-16-5-6-20-10(9-16)8-14-12(19)15-13(2,3)7-11(17)18/h10H,4-9H2,1-3H3,(H,17,18)(H2,14,15,19). The fraction of sp³-hybridized carbons (Fsp3) is 0.846. The largest absolute Gasteiger partial charge is 0.481 e. The first-order valence-electron chi connectivity index (χ1n) is 6.94. The van der Waals surface area contributed by atoms with Crippen molar-refractivity contribution in [3.8, 4) is 0 Å². The Morgan fingerprint density at radius 3 is 2.75 bits per heavy atom. The number of hydrogen-bond donors (Lipinski definition) is 3. The Hall–Kier alpha value is -1.34. The summed E-state index contributed by atoms with van der Waals surface area (Å²) in [5.74, 6) is -0.940. The minimum absolute atomic E-state index is 0.0166. The second-order valence-corrected chi connectivity index (χ2v) is 5.68. The Balaban J connectivity index is 2.30. The molecule has 1 rings (SSSR count). The number of amides is 2. The van der Waals surface area contributed by atoms with Crippen LogP contribution in [0.2, 0.25) is 0 Å². The lowest BCUT2D eigenvalue weighted by atomic mass is 10.0. The van der Waals surface area contributed by atoms with E-state index in [9.17, 15) is 9.59 Å². The highest BCUT2D eigenvalue weighted by Gasteiger charge is 2.25. The predicted octanol–water partition coefficient (Wildman–Crippen LogP) is 0.260. The maximum absolute atomic E-state index is 11.7. The Kier molecular flexibility index (Phi) is 6.22. The summed E-state index contributed by atoms with van der Waals surface area (Å²) in [6, 6.07) is -0.367. The van der Waals surface area contributed by atoms with Crippen LogP contribution in [0.15, 0.2) is 0 Å². The smallest absolute Gasteiger partial charge is 0.315 e. The van der Waals surface area contributed by atoms with E-state index in [4.69, 9.17) is 9.84 Å². The average Bonchev–Trinajstić information content (AvgIpc) is 2.34. The van der Waals surface area contributed by atoms with Crippen LogP contribution in [0.25, 0.3) is 0 Å². The number of nitrogens with one attached hydrogen (secondary N) is 2. The molecule has 0 bridgehead atoms. The molecule has 1 unspecified atom stereocenters. The molecule has 0 saturated carbocycles. The SMILES string of the molecule is CCN1CCOC(CNC(=O)NC(C)(C)CC(=O)O)C1. The minimum Gasteiger partial charge on any atom is -0.481 e. The number of urea groups is 1.